The second-order valence-corrected chi connectivity index (χ2v) is 9.04. The second-order valence-electron chi connectivity index (χ2n) is 7.53. The third-order valence-corrected chi connectivity index (χ3v) is 6.23. The Kier molecular flexibility index (Phi) is 3.80. The van der Waals surface area contributed by atoms with E-state index in [4.69, 9.17) is 0 Å². The molecule has 0 radical (unpaired) electrons. The molecule has 1 saturated carbocycles. The highest BCUT2D eigenvalue weighted by atomic mass is 32.2. The summed E-state index contributed by atoms with van der Waals surface area (Å²) in [6.45, 7) is 8.06. The third kappa shape index (κ3) is 2.56. The van der Waals surface area contributed by atoms with E-state index >= 15 is 0 Å². The minimum absolute atomic E-state index is 0.160. The fraction of sp³-hybridized carbons (Fsp3) is 0.750. The van der Waals surface area contributed by atoms with Crippen LogP contribution >= 0.6 is 0 Å². The lowest BCUT2D eigenvalue weighted by Gasteiger charge is -2.45. The van der Waals surface area contributed by atoms with E-state index in [-0.39, 0.29) is 11.0 Å². The Morgan fingerprint density at radius 2 is 2.00 bits per heavy atom. The van der Waals surface area contributed by atoms with Gasteiger partial charge in [0.05, 0.1) is 28.1 Å². The van der Waals surface area contributed by atoms with Crippen molar-refractivity contribution in [2.45, 2.75) is 75.3 Å². The van der Waals surface area contributed by atoms with Crippen LogP contribution in [0.3, 0.4) is 0 Å². The molecular weight excluding hydrogens is 298 g/mol. The number of anilines is 1. The first kappa shape index (κ1) is 15.9. The monoisotopic (exact) mass is 323 g/mol. The Morgan fingerprint density at radius 3 is 2.50 bits per heavy atom. The van der Waals surface area contributed by atoms with Crippen molar-refractivity contribution in [3.05, 3.63) is 11.5 Å². The summed E-state index contributed by atoms with van der Waals surface area (Å²) in [6, 6.07) is 0. The summed E-state index contributed by atoms with van der Waals surface area (Å²) < 4.78 is 12.3. The van der Waals surface area contributed by atoms with Gasteiger partial charge in [0.15, 0.2) is 0 Å². The fourth-order valence-electron chi connectivity index (χ4n) is 3.06. The zero-order chi connectivity index (χ0) is 16.1. The normalized spacial score (nSPS) is 24.5. The molecule has 0 saturated heterocycles. The van der Waals surface area contributed by atoms with Gasteiger partial charge < -0.3 is 10.4 Å². The molecular formula is C16H25N3O2S. The minimum atomic E-state index is -1.04. The van der Waals surface area contributed by atoms with Crippen molar-refractivity contribution in [3.8, 4) is 0 Å². The van der Waals surface area contributed by atoms with E-state index in [0.717, 1.165) is 42.1 Å². The molecule has 2 aliphatic rings. The number of fused-ring (bicyclic) bond motifs is 1. The topological polar surface area (TPSA) is 75.1 Å². The Balaban J connectivity index is 2.06. The summed E-state index contributed by atoms with van der Waals surface area (Å²) in [5.41, 5.74) is 0.415. The van der Waals surface area contributed by atoms with E-state index in [1.165, 1.54) is 0 Å². The van der Waals surface area contributed by atoms with Crippen molar-refractivity contribution in [3.63, 3.8) is 0 Å². The van der Waals surface area contributed by atoms with E-state index in [1.54, 1.807) is 0 Å². The number of aliphatic hydroxyl groups excluding tert-OH is 1. The average molecular weight is 323 g/mol. The van der Waals surface area contributed by atoms with Crippen molar-refractivity contribution in [2.24, 2.45) is 0 Å². The van der Waals surface area contributed by atoms with Crippen LogP contribution in [0.4, 0.5) is 5.82 Å². The maximum absolute atomic E-state index is 12.3. The maximum Gasteiger partial charge on any atom is 0.146 e. The van der Waals surface area contributed by atoms with E-state index in [1.807, 2.05) is 6.92 Å². The SMILES string of the molecule is CC(O)C1(Nc2nc(C(C)(C)C)nc3c2S(=O)CC3)CCC1. The first-order valence-electron chi connectivity index (χ1n) is 7.99. The van der Waals surface area contributed by atoms with Crippen molar-refractivity contribution in [2.75, 3.05) is 11.1 Å². The van der Waals surface area contributed by atoms with Gasteiger partial charge in [-0.1, -0.05) is 20.8 Å². The summed E-state index contributed by atoms with van der Waals surface area (Å²) in [5, 5.41) is 13.6. The zero-order valence-corrected chi connectivity index (χ0v) is 14.6. The lowest BCUT2D eigenvalue weighted by Crippen LogP contribution is -2.53. The first-order valence-corrected chi connectivity index (χ1v) is 9.31. The summed E-state index contributed by atoms with van der Waals surface area (Å²) in [5.74, 6) is 2.06. The molecule has 5 nitrogen and oxygen atoms in total. The molecule has 0 aromatic carbocycles. The van der Waals surface area contributed by atoms with Gasteiger partial charge in [-0.15, -0.1) is 0 Å². The average Bonchev–Trinajstić information content (AvgIpc) is 2.74. The maximum atomic E-state index is 12.3. The van der Waals surface area contributed by atoms with Crippen LogP contribution in [0, 0.1) is 0 Å². The molecule has 2 N–H and O–H groups in total. The van der Waals surface area contributed by atoms with E-state index in [2.05, 4.69) is 36.1 Å². The second kappa shape index (κ2) is 5.27. The molecule has 1 aromatic rings. The predicted octanol–water partition coefficient (Wildman–Crippen LogP) is 2.15. The molecule has 6 heteroatoms. The van der Waals surface area contributed by atoms with Gasteiger partial charge in [0, 0.05) is 17.6 Å². The number of aliphatic hydroxyl groups is 1. The van der Waals surface area contributed by atoms with Crippen molar-refractivity contribution in [1.29, 1.82) is 0 Å². The van der Waals surface area contributed by atoms with Gasteiger partial charge in [0.1, 0.15) is 16.5 Å². The van der Waals surface area contributed by atoms with Crippen LogP contribution in [0.1, 0.15) is 58.5 Å². The minimum Gasteiger partial charge on any atom is -0.391 e. The van der Waals surface area contributed by atoms with Gasteiger partial charge in [0.2, 0.25) is 0 Å². The molecule has 1 aliphatic carbocycles. The first-order chi connectivity index (χ1) is 10.2. The highest BCUT2D eigenvalue weighted by molar-refractivity contribution is 7.85. The van der Waals surface area contributed by atoms with E-state index in [9.17, 15) is 9.32 Å². The Labute approximate surface area is 134 Å². The molecule has 122 valence electrons. The van der Waals surface area contributed by atoms with Crippen molar-refractivity contribution >= 4 is 16.6 Å². The Morgan fingerprint density at radius 1 is 1.32 bits per heavy atom. The summed E-state index contributed by atoms with van der Waals surface area (Å²) >= 11 is 0. The fourth-order valence-corrected chi connectivity index (χ4v) is 4.36. The lowest BCUT2D eigenvalue weighted by atomic mass is 9.73. The molecule has 22 heavy (non-hydrogen) atoms. The highest BCUT2D eigenvalue weighted by Crippen LogP contribution is 2.40. The molecule has 2 heterocycles. The quantitative estimate of drug-likeness (QED) is 0.891. The van der Waals surface area contributed by atoms with Crippen LogP contribution < -0.4 is 5.32 Å². The molecule has 1 aromatic heterocycles. The smallest absolute Gasteiger partial charge is 0.146 e. The number of aryl methyl sites for hydroxylation is 1. The molecule has 2 atom stereocenters. The van der Waals surface area contributed by atoms with Crippen LogP contribution in [0.15, 0.2) is 4.90 Å². The summed E-state index contributed by atoms with van der Waals surface area (Å²) in [7, 11) is -1.04. The van der Waals surface area contributed by atoms with Crippen molar-refractivity contribution in [1.82, 2.24) is 9.97 Å². The molecule has 0 spiro atoms. The predicted molar refractivity (Wildman–Crippen MR) is 87.6 cm³/mol. The molecule has 0 bridgehead atoms. The van der Waals surface area contributed by atoms with Gasteiger partial charge in [0.25, 0.3) is 0 Å². The van der Waals surface area contributed by atoms with Gasteiger partial charge in [-0.2, -0.15) is 0 Å². The van der Waals surface area contributed by atoms with Crippen LogP contribution in [0.5, 0.6) is 0 Å². The number of rotatable bonds is 3. The molecule has 2 unspecified atom stereocenters. The van der Waals surface area contributed by atoms with Gasteiger partial charge in [-0.05, 0) is 26.2 Å². The van der Waals surface area contributed by atoms with E-state index < -0.39 is 16.9 Å². The number of nitrogens with zero attached hydrogens (tertiary/aromatic N) is 2. The zero-order valence-electron chi connectivity index (χ0n) is 13.8. The number of hydrogen-bond acceptors (Lipinski definition) is 5. The molecule has 1 aliphatic heterocycles. The van der Waals surface area contributed by atoms with Crippen LogP contribution in [-0.2, 0) is 22.6 Å². The van der Waals surface area contributed by atoms with Crippen LogP contribution in [0.25, 0.3) is 0 Å². The van der Waals surface area contributed by atoms with Gasteiger partial charge in [-0.25, -0.2) is 9.97 Å². The Hall–Kier alpha value is -1.01. The molecule has 3 rings (SSSR count). The lowest BCUT2D eigenvalue weighted by molar-refractivity contribution is 0.0631. The standard InChI is InChI=1S/C16H25N3O2S/c1-10(20)16(7-5-8-16)19-13-12-11(6-9-22(12)21)17-14(18-13)15(2,3)4/h10,20H,5-9H2,1-4H3,(H,17,18,19). The number of aromatic nitrogens is 2. The van der Waals surface area contributed by atoms with Crippen LogP contribution in [0.2, 0.25) is 0 Å². The molecule has 1 fully saturated rings. The summed E-state index contributed by atoms with van der Waals surface area (Å²) in [6.07, 6.45) is 3.21. The summed E-state index contributed by atoms with van der Waals surface area (Å²) in [4.78, 5) is 10.1. The third-order valence-electron chi connectivity index (χ3n) is 4.77. The molecule has 0 amide bonds. The van der Waals surface area contributed by atoms with Gasteiger partial charge in [-0.3, -0.25) is 4.21 Å². The van der Waals surface area contributed by atoms with Gasteiger partial charge >= 0.3 is 0 Å². The number of hydrogen-bond donors (Lipinski definition) is 2. The Bertz CT molecular complexity index is 619. The number of nitrogens with one attached hydrogen (secondary N) is 1. The van der Waals surface area contributed by atoms with Crippen LogP contribution in [-0.4, -0.2) is 36.7 Å². The van der Waals surface area contributed by atoms with E-state index in [0.29, 0.717) is 11.6 Å². The highest BCUT2D eigenvalue weighted by Gasteiger charge is 2.43. The largest absolute Gasteiger partial charge is 0.391 e. The van der Waals surface area contributed by atoms with Crippen molar-refractivity contribution < 1.29 is 9.32 Å².